The van der Waals surface area contributed by atoms with Gasteiger partial charge in [-0.1, -0.05) is 6.07 Å². The van der Waals surface area contributed by atoms with E-state index in [1.807, 2.05) is 0 Å². The van der Waals surface area contributed by atoms with Gasteiger partial charge >= 0.3 is 0 Å². The summed E-state index contributed by atoms with van der Waals surface area (Å²) >= 11 is 0. The summed E-state index contributed by atoms with van der Waals surface area (Å²) in [6.45, 7) is 0. The lowest BCUT2D eigenvalue weighted by Gasteiger charge is -2.22. The van der Waals surface area contributed by atoms with Crippen LogP contribution in [0.3, 0.4) is 0 Å². The van der Waals surface area contributed by atoms with Gasteiger partial charge in [-0.15, -0.1) is 0 Å². The summed E-state index contributed by atoms with van der Waals surface area (Å²) in [4.78, 5) is 32.9. The molecular formula is C10H13NO8P2-2. The van der Waals surface area contributed by atoms with Gasteiger partial charge < -0.3 is 28.0 Å². The van der Waals surface area contributed by atoms with Crippen molar-refractivity contribution in [2.24, 2.45) is 0 Å². The average Bonchev–Trinajstić information content (AvgIpc) is 2.37. The Kier molecular flexibility index (Phi) is 5.81. The number of nitro groups is 1. The molecule has 0 amide bonds. The lowest BCUT2D eigenvalue weighted by atomic mass is 10.1. The van der Waals surface area contributed by atoms with E-state index in [0.717, 1.165) is 26.4 Å². The first-order valence-corrected chi connectivity index (χ1v) is 9.03. The highest BCUT2D eigenvalue weighted by Crippen LogP contribution is 2.43. The van der Waals surface area contributed by atoms with Crippen molar-refractivity contribution in [2.75, 3.05) is 14.2 Å². The van der Waals surface area contributed by atoms with Crippen molar-refractivity contribution < 1.29 is 32.9 Å². The zero-order valence-electron chi connectivity index (χ0n) is 11.3. The largest absolute Gasteiger partial charge is 0.778 e. The van der Waals surface area contributed by atoms with Gasteiger partial charge in [0.05, 0.1) is 4.92 Å². The molecule has 2 atom stereocenters. The molecule has 0 aromatic heterocycles. The van der Waals surface area contributed by atoms with E-state index in [0.29, 0.717) is 0 Å². The summed E-state index contributed by atoms with van der Waals surface area (Å²) in [5.74, 6) is 0. The molecule has 0 N–H and O–H groups in total. The number of rotatable bonds is 7. The molecule has 0 radical (unpaired) electrons. The first-order chi connectivity index (χ1) is 9.58. The molecule has 1 aromatic rings. The minimum Gasteiger partial charge on any atom is -0.778 e. The van der Waals surface area contributed by atoms with E-state index in [2.05, 4.69) is 9.05 Å². The Hall–Kier alpha value is -1.08. The van der Waals surface area contributed by atoms with Crippen molar-refractivity contribution in [2.45, 2.75) is 12.3 Å². The molecule has 0 fully saturated rings. The first kappa shape index (κ1) is 18.0. The number of hydrogen-bond donors (Lipinski definition) is 0. The van der Waals surface area contributed by atoms with E-state index >= 15 is 0 Å². The summed E-state index contributed by atoms with van der Waals surface area (Å²) in [6, 6.07) is 3.35. The van der Waals surface area contributed by atoms with Gasteiger partial charge in [0.25, 0.3) is 5.69 Å². The molecule has 118 valence electrons. The standard InChI is InChI=1S/C10H15NO8P2/c1-18-20(14,15)6-8-3-9(7-21(16,17)19-2)5-10(4-8)11(12)13/h3-5H,6-7H2,1-2H3,(H,14,15)(H,16,17)/p-2. The third-order valence-corrected chi connectivity index (χ3v) is 5.17. The molecule has 0 aliphatic rings. The van der Waals surface area contributed by atoms with E-state index in [9.17, 15) is 29.0 Å². The van der Waals surface area contributed by atoms with Gasteiger partial charge in [-0.2, -0.15) is 0 Å². The lowest BCUT2D eigenvalue weighted by Crippen LogP contribution is -2.07. The van der Waals surface area contributed by atoms with Crippen LogP contribution < -0.4 is 9.79 Å². The molecule has 9 nitrogen and oxygen atoms in total. The van der Waals surface area contributed by atoms with Crippen LogP contribution in [0.15, 0.2) is 18.2 Å². The Morgan fingerprint density at radius 1 is 1.00 bits per heavy atom. The quantitative estimate of drug-likeness (QED) is 0.407. The van der Waals surface area contributed by atoms with Crippen molar-refractivity contribution in [3.8, 4) is 0 Å². The fourth-order valence-electron chi connectivity index (χ4n) is 1.61. The highest BCUT2D eigenvalue weighted by molar-refractivity contribution is 7.50. The third kappa shape index (κ3) is 5.67. The van der Waals surface area contributed by atoms with Crippen molar-refractivity contribution in [1.29, 1.82) is 0 Å². The van der Waals surface area contributed by atoms with Gasteiger partial charge in [0.1, 0.15) is 15.2 Å². The minimum absolute atomic E-state index is 0.0653. The fraction of sp³-hybridized carbons (Fsp3) is 0.400. The SMILES string of the molecule is COP(=O)([O-])Cc1cc(CP(=O)([O-])OC)cc([N+](=O)[O-])c1. The van der Waals surface area contributed by atoms with E-state index in [1.165, 1.54) is 6.07 Å². The Morgan fingerprint density at radius 3 is 1.67 bits per heavy atom. The monoisotopic (exact) mass is 337 g/mol. The van der Waals surface area contributed by atoms with Crippen LogP contribution in [-0.4, -0.2) is 19.1 Å². The molecular weight excluding hydrogens is 324 g/mol. The van der Waals surface area contributed by atoms with Gasteiger partial charge in [-0.3, -0.25) is 10.1 Å². The topological polar surface area (TPSA) is 142 Å². The molecule has 11 heteroatoms. The van der Waals surface area contributed by atoms with Gasteiger partial charge in [0.2, 0.25) is 0 Å². The summed E-state index contributed by atoms with van der Waals surface area (Å²) in [6.07, 6.45) is -1.15. The number of nitro benzene ring substituents is 1. The van der Waals surface area contributed by atoms with E-state index in [4.69, 9.17) is 0 Å². The maximum absolute atomic E-state index is 11.4. The Balaban J connectivity index is 3.21. The van der Waals surface area contributed by atoms with Crippen molar-refractivity contribution in [3.63, 3.8) is 0 Å². The van der Waals surface area contributed by atoms with Gasteiger partial charge in [-0.05, 0) is 11.1 Å². The second-order valence-electron chi connectivity index (χ2n) is 4.17. The molecule has 0 saturated heterocycles. The van der Waals surface area contributed by atoms with Gasteiger partial charge in [0.15, 0.2) is 0 Å². The lowest BCUT2D eigenvalue weighted by molar-refractivity contribution is -0.385. The smallest absolute Gasteiger partial charge is 0.270 e. The maximum atomic E-state index is 11.4. The molecule has 0 spiro atoms. The van der Waals surface area contributed by atoms with Crippen LogP contribution in [0.4, 0.5) is 5.69 Å². The molecule has 0 bridgehead atoms. The maximum Gasteiger partial charge on any atom is 0.270 e. The summed E-state index contributed by atoms with van der Waals surface area (Å²) in [5, 5.41) is 10.8. The average molecular weight is 337 g/mol. The second kappa shape index (κ2) is 6.79. The van der Waals surface area contributed by atoms with Crippen LogP contribution in [0, 0.1) is 10.1 Å². The number of hydrogen-bond acceptors (Lipinski definition) is 8. The predicted molar refractivity (Wildman–Crippen MR) is 69.7 cm³/mol. The van der Waals surface area contributed by atoms with Crippen molar-refractivity contribution >= 4 is 20.9 Å². The fourth-order valence-corrected chi connectivity index (χ4v) is 3.13. The first-order valence-electron chi connectivity index (χ1n) is 5.57. The summed E-state index contributed by atoms with van der Waals surface area (Å²) in [7, 11) is -6.40. The Bertz CT molecular complexity index is 587. The highest BCUT2D eigenvalue weighted by atomic mass is 31.2. The molecule has 0 saturated carbocycles. The van der Waals surface area contributed by atoms with E-state index in [1.54, 1.807) is 0 Å². The number of non-ortho nitro benzene ring substituents is 1. The van der Waals surface area contributed by atoms with Gasteiger partial charge in [0, 0.05) is 38.7 Å². The van der Waals surface area contributed by atoms with Crippen LogP contribution in [0.5, 0.6) is 0 Å². The van der Waals surface area contributed by atoms with Crippen molar-refractivity contribution in [3.05, 3.63) is 39.4 Å². The van der Waals surface area contributed by atoms with E-state index < -0.39 is 38.1 Å². The Morgan fingerprint density at radius 2 is 1.38 bits per heavy atom. The molecule has 2 unspecified atom stereocenters. The second-order valence-corrected chi connectivity index (χ2v) is 7.97. The predicted octanol–water partition coefficient (Wildman–Crippen LogP) is 0.994. The number of nitrogens with zero attached hydrogens (tertiary/aromatic N) is 1. The summed E-state index contributed by atoms with van der Waals surface area (Å²) in [5.41, 5.74) is -0.277. The van der Waals surface area contributed by atoms with Crippen LogP contribution in [0.2, 0.25) is 0 Å². The summed E-state index contributed by atoms with van der Waals surface area (Å²) < 4.78 is 31.4. The van der Waals surface area contributed by atoms with Crippen molar-refractivity contribution in [1.82, 2.24) is 0 Å². The van der Waals surface area contributed by atoms with Crippen LogP contribution in [0.1, 0.15) is 11.1 Å². The van der Waals surface area contributed by atoms with Crippen LogP contribution in [0.25, 0.3) is 0 Å². The Labute approximate surface area is 120 Å². The third-order valence-electron chi connectivity index (χ3n) is 2.56. The zero-order valence-corrected chi connectivity index (χ0v) is 13.0. The van der Waals surface area contributed by atoms with E-state index in [-0.39, 0.29) is 11.1 Å². The molecule has 21 heavy (non-hydrogen) atoms. The molecule has 1 rings (SSSR count). The van der Waals surface area contributed by atoms with Gasteiger partial charge in [-0.25, -0.2) is 0 Å². The molecule has 0 aliphatic heterocycles. The normalized spacial score (nSPS) is 17.0. The zero-order chi connectivity index (χ0) is 16.3. The van der Waals surface area contributed by atoms with Crippen LogP contribution >= 0.6 is 15.2 Å². The minimum atomic E-state index is -4.17. The highest BCUT2D eigenvalue weighted by Gasteiger charge is 2.16. The molecule has 0 heterocycles. The molecule has 1 aromatic carbocycles. The van der Waals surface area contributed by atoms with Crippen LogP contribution in [-0.2, 0) is 30.5 Å². The number of benzene rings is 1. The molecule has 0 aliphatic carbocycles.